The molecule has 0 spiro atoms. The summed E-state index contributed by atoms with van der Waals surface area (Å²) in [6.45, 7) is 8.12. The molecule has 0 aliphatic carbocycles. The Hall–Kier alpha value is -3.93. The van der Waals surface area contributed by atoms with Gasteiger partial charge in [0.15, 0.2) is 5.82 Å². The smallest absolute Gasteiger partial charge is 0.230 e. The van der Waals surface area contributed by atoms with Gasteiger partial charge in [-0.2, -0.15) is 0 Å². The first-order valence-electron chi connectivity index (χ1n) is 10.1. The van der Waals surface area contributed by atoms with Crippen LogP contribution in [0.3, 0.4) is 0 Å². The van der Waals surface area contributed by atoms with Crippen molar-refractivity contribution in [3.05, 3.63) is 87.8 Å². The van der Waals surface area contributed by atoms with Crippen molar-refractivity contribution < 1.29 is 9.59 Å². The highest BCUT2D eigenvalue weighted by Gasteiger charge is 2.22. The minimum Gasteiger partial charge on any atom is -0.360 e. The number of aromatic amines is 3. The van der Waals surface area contributed by atoms with Gasteiger partial charge in [-0.1, -0.05) is 0 Å². The molecule has 0 atom stereocenters. The van der Waals surface area contributed by atoms with Gasteiger partial charge in [0.1, 0.15) is 5.69 Å². The number of rotatable bonds is 4. The van der Waals surface area contributed by atoms with E-state index in [0.717, 1.165) is 44.1 Å². The zero-order chi connectivity index (χ0) is 21.9. The second-order valence-electron chi connectivity index (χ2n) is 8.17. The minimum absolute atomic E-state index is 0.148. The largest absolute Gasteiger partial charge is 0.360 e. The molecule has 0 aliphatic rings. The maximum atomic E-state index is 13.1. The molecular weight excluding hydrogens is 388 g/mol. The molecule has 0 amide bonds. The van der Waals surface area contributed by atoms with Gasteiger partial charge in [-0.3, -0.25) is 9.59 Å². The summed E-state index contributed by atoms with van der Waals surface area (Å²) in [7, 11) is 0. The van der Waals surface area contributed by atoms with Crippen molar-refractivity contribution in [2.75, 3.05) is 0 Å². The molecule has 3 heterocycles. The average Bonchev–Trinajstić information content (AvgIpc) is 3.47. The van der Waals surface area contributed by atoms with Crippen LogP contribution in [0, 0.1) is 27.7 Å². The number of hydrogen-bond donors (Lipinski definition) is 3. The van der Waals surface area contributed by atoms with E-state index < -0.39 is 0 Å². The van der Waals surface area contributed by atoms with E-state index in [-0.39, 0.29) is 23.1 Å². The lowest BCUT2D eigenvalue weighted by Crippen LogP contribution is -2.05. The number of nitrogens with zero attached hydrogens (tertiary/aromatic N) is 1. The number of ketones is 2. The van der Waals surface area contributed by atoms with Gasteiger partial charge in [0.2, 0.25) is 11.6 Å². The predicted octanol–water partition coefficient (Wildman–Crippen LogP) is 5.07. The third-order valence-electron chi connectivity index (χ3n) is 6.12. The number of benzene rings is 2. The standard InChI is InChI=1S/C25H22N4O2/c1-12-5-16-18(9-26-20(16)7-14(12)3)23(30)22-11-28-25(29-22)24(31)19-10-27-21-8-15(4)13(2)6-17(19)21/h5-11,26-27H,1-4H3,(H,28,29). The summed E-state index contributed by atoms with van der Waals surface area (Å²) in [5.74, 6) is -0.306. The molecule has 0 fully saturated rings. The summed E-state index contributed by atoms with van der Waals surface area (Å²) in [5.41, 5.74) is 7.73. The lowest BCUT2D eigenvalue weighted by Gasteiger charge is -2.02. The molecule has 0 aliphatic heterocycles. The molecule has 2 aromatic carbocycles. The van der Waals surface area contributed by atoms with E-state index >= 15 is 0 Å². The van der Waals surface area contributed by atoms with Crippen LogP contribution in [0.1, 0.15) is 54.5 Å². The number of fused-ring (bicyclic) bond motifs is 2. The van der Waals surface area contributed by atoms with Crippen LogP contribution in [0.4, 0.5) is 0 Å². The monoisotopic (exact) mass is 410 g/mol. The Morgan fingerprint density at radius 2 is 1.19 bits per heavy atom. The predicted molar refractivity (Wildman–Crippen MR) is 121 cm³/mol. The van der Waals surface area contributed by atoms with Gasteiger partial charge in [-0.15, -0.1) is 0 Å². The summed E-state index contributed by atoms with van der Waals surface area (Å²) < 4.78 is 0. The van der Waals surface area contributed by atoms with Crippen LogP contribution in [0.25, 0.3) is 21.8 Å². The Labute approximate surface area is 178 Å². The Morgan fingerprint density at radius 1 is 0.710 bits per heavy atom. The summed E-state index contributed by atoms with van der Waals surface area (Å²) in [5, 5.41) is 1.71. The molecule has 5 aromatic rings. The Balaban J connectivity index is 1.50. The number of nitrogens with one attached hydrogen (secondary N) is 3. The highest BCUT2D eigenvalue weighted by atomic mass is 16.1. The van der Waals surface area contributed by atoms with Crippen molar-refractivity contribution in [1.29, 1.82) is 0 Å². The number of aromatic nitrogens is 4. The Bertz CT molecular complexity index is 1400. The van der Waals surface area contributed by atoms with Crippen LogP contribution in [0.5, 0.6) is 0 Å². The van der Waals surface area contributed by atoms with E-state index in [4.69, 9.17) is 0 Å². The molecule has 0 unspecified atom stereocenters. The fourth-order valence-corrected chi connectivity index (χ4v) is 3.97. The second kappa shape index (κ2) is 6.80. The lowest BCUT2D eigenvalue weighted by atomic mass is 10.0. The normalized spacial score (nSPS) is 11.5. The molecule has 3 N–H and O–H groups in total. The van der Waals surface area contributed by atoms with Gasteiger partial charge < -0.3 is 15.0 Å². The number of H-pyrrole nitrogens is 3. The quantitative estimate of drug-likeness (QED) is 0.361. The van der Waals surface area contributed by atoms with Crippen LogP contribution in [-0.2, 0) is 0 Å². The molecular formula is C25H22N4O2. The lowest BCUT2D eigenvalue weighted by molar-refractivity contribution is 0.103. The van der Waals surface area contributed by atoms with Crippen LogP contribution in [0.15, 0.2) is 42.9 Å². The minimum atomic E-state index is -0.251. The summed E-state index contributed by atoms with van der Waals surface area (Å²) in [6, 6.07) is 8.07. The van der Waals surface area contributed by atoms with Gasteiger partial charge in [0.05, 0.1) is 11.8 Å². The van der Waals surface area contributed by atoms with Crippen LogP contribution < -0.4 is 0 Å². The molecule has 0 bridgehead atoms. The molecule has 5 rings (SSSR count). The van der Waals surface area contributed by atoms with Gasteiger partial charge in [0, 0.05) is 39.8 Å². The van der Waals surface area contributed by atoms with Crippen molar-refractivity contribution in [3.8, 4) is 0 Å². The Kier molecular flexibility index (Phi) is 4.18. The number of imidazole rings is 1. The van der Waals surface area contributed by atoms with Gasteiger partial charge >= 0.3 is 0 Å². The number of carbonyl (C=O) groups excluding carboxylic acids is 2. The van der Waals surface area contributed by atoms with E-state index in [2.05, 4.69) is 19.9 Å². The zero-order valence-electron chi connectivity index (χ0n) is 17.8. The first kappa shape index (κ1) is 19.1. The first-order valence-corrected chi connectivity index (χ1v) is 10.1. The third kappa shape index (κ3) is 2.99. The maximum Gasteiger partial charge on any atom is 0.230 e. The van der Waals surface area contributed by atoms with E-state index in [0.29, 0.717) is 11.1 Å². The summed E-state index contributed by atoms with van der Waals surface area (Å²) in [6.07, 6.45) is 4.83. The van der Waals surface area contributed by atoms with Gasteiger partial charge in [-0.05, 0) is 74.2 Å². The van der Waals surface area contributed by atoms with Crippen molar-refractivity contribution in [1.82, 2.24) is 19.9 Å². The number of hydrogen-bond acceptors (Lipinski definition) is 3. The van der Waals surface area contributed by atoms with Crippen molar-refractivity contribution in [2.45, 2.75) is 27.7 Å². The molecule has 0 saturated carbocycles. The number of carbonyl (C=O) groups is 2. The van der Waals surface area contributed by atoms with Crippen LogP contribution in [-0.4, -0.2) is 31.5 Å². The van der Waals surface area contributed by atoms with Crippen molar-refractivity contribution in [2.24, 2.45) is 0 Å². The molecule has 6 nitrogen and oxygen atoms in total. The SMILES string of the molecule is Cc1cc2[nH]cc(C(=O)c3cnc(C(=O)c4c[nH]c5cc(C)c(C)cc45)[nH]3)c2cc1C. The topological polar surface area (TPSA) is 94.4 Å². The van der Waals surface area contributed by atoms with Crippen molar-refractivity contribution >= 4 is 33.4 Å². The van der Waals surface area contributed by atoms with E-state index in [1.54, 1.807) is 12.4 Å². The van der Waals surface area contributed by atoms with Crippen LogP contribution >= 0.6 is 0 Å². The highest BCUT2D eigenvalue weighted by Crippen LogP contribution is 2.26. The number of aryl methyl sites for hydroxylation is 4. The Morgan fingerprint density at radius 3 is 1.74 bits per heavy atom. The van der Waals surface area contributed by atoms with E-state index in [9.17, 15) is 9.59 Å². The zero-order valence-corrected chi connectivity index (χ0v) is 17.8. The summed E-state index contributed by atoms with van der Waals surface area (Å²) in [4.78, 5) is 39.7. The molecule has 31 heavy (non-hydrogen) atoms. The van der Waals surface area contributed by atoms with Crippen LogP contribution in [0.2, 0.25) is 0 Å². The van der Waals surface area contributed by atoms with Gasteiger partial charge in [-0.25, -0.2) is 4.98 Å². The molecule has 0 saturated heterocycles. The van der Waals surface area contributed by atoms with E-state index in [1.807, 2.05) is 52.0 Å². The fourth-order valence-electron chi connectivity index (χ4n) is 3.97. The average molecular weight is 410 g/mol. The molecule has 0 radical (unpaired) electrons. The maximum absolute atomic E-state index is 13.1. The molecule has 6 heteroatoms. The molecule has 3 aromatic heterocycles. The van der Waals surface area contributed by atoms with E-state index in [1.165, 1.54) is 6.20 Å². The summed E-state index contributed by atoms with van der Waals surface area (Å²) >= 11 is 0. The fraction of sp³-hybridized carbons (Fsp3) is 0.160. The van der Waals surface area contributed by atoms with Gasteiger partial charge in [0.25, 0.3) is 0 Å². The third-order valence-corrected chi connectivity index (χ3v) is 6.12. The second-order valence-corrected chi connectivity index (χ2v) is 8.17. The molecule has 154 valence electrons. The highest BCUT2D eigenvalue weighted by molar-refractivity contribution is 6.18. The van der Waals surface area contributed by atoms with Crippen molar-refractivity contribution in [3.63, 3.8) is 0 Å². The first-order chi connectivity index (χ1) is 14.8.